The SMILES string of the molecule is COC(=O)C(C)CCCC(O)C[C@@H](C)CNC(C)C(O)C(C)O.COC1CC(N(C)C)CC(C)O1.COC1CC(OC)C(=O)[C@H](C)O1. The molecule has 0 bridgehead atoms. The summed E-state index contributed by atoms with van der Waals surface area (Å²) in [6, 6.07) is 0.397. The van der Waals surface area contributed by atoms with Crippen molar-refractivity contribution in [3.05, 3.63) is 0 Å². The standard InChI is InChI=1S/C17H35NO5.C9H19NO2.C8H14O4/c1-11(10-18-13(3)16(21)14(4)19)9-15(20)8-6-7-12(2)17(22)23-5;1-7-5-8(10(2)3)6-9(11-4)12-7;1-5-8(9)6(10-2)4-7(11-3)12-5/h11-16,18-21H,6-10H2,1-5H3;7-9H,5-6H2,1-4H3;5-7H,4H2,1-3H3/t11-,12?,13?,14?,15?,16?;;5-,6?,7?/m1.0/s1. The molecule has 47 heavy (non-hydrogen) atoms. The number of esters is 1. The monoisotopic (exact) mass is 680 g/mol. The van der Waals surface area contributed by atoms with Crippen LogP contribution in [0, 0.1) is 11.8 Å². The minimum absolute atomic E-state index is 0.00852. The van der Waals surface area contributed by atoms with E-state index in [9.17, 15) is 24.9 Å². The van der Waals surface area contributed by atoms with Crippen LogP contribution in [0.5, 0.6) is 0 Å². The highest BCUT2D eigenvalue weighted by atomic mass is 16.7. The number of Topliss-reactive ketones (excluding diaryl/α,β-unsaturated/α-hetero) is 1. The number of hydrogen-bond acceptors (Lipinski definition) is 13. The van der Waals surface area contributed by atoms with Crippen molar-refractivity contribution in [2.24, 2.45) is 11.8 Å². The second-order valence-corrected chi connectivity index (χ2v) is 13.3. The molecule has 12 atom stereocenters. The number of ketones is 1. The number of nitrogens with one attached hydrogen (secondary N) is 1. The molecule has 2 aliphatic heterocycles. The van der Waals surface area contributed by atoms with E-state index in [1.54, 1.807) is 28.1 Å². The lowest BCUT2D eigenvalue weighted by Crippen LogP contribution is -2.44. The van der Waals surface area contributed by atoms with Crippen LogP contribution in [-0.4, -0.2) is 142 Å². The summed E-state index contributed by atoms with van der Waals surface area (Å²) in [5.74, 6) is -0.0886. The first kappa shape index (κ1) is 45.7. The van der Waals surface area contributed by atoms with E-state index in [0.29, 0.717) is 44.4 Å². The van der Waals surface area contributed by atoms with Crippen molar-refractivity contribution in [1.29, 1.82) is 0 Å². The van der Waals surface area contributed by atoms with Crippen molar-refractivity contribution >= 4 is 11.8 Å². The summed E-state index contributed by atoms with van der Waals surface area (Å²) < 4.78 is 30.6. The first-order chi connectivity index (χ1) is 22.0. The van der Waals surface area contributed by atoms with Gasteiger partial charge in [0.25, 0.3) is 0 Å². The summed E-state index contributed by atoms with van der Waals surface area (Å²) in [6.07, 6.45) is 2.62. The number of carbonyl (C=O) groups is 2. The van der Waals surface area contributed by atoms with Gasteiger partial charge >= 0.3 is 5.97 Å². The molecule has 13 nitrogen and oxygen atoms in total. The number of nitrogens with zero attached hydrogens (tertiary/aromatic N) is 1. The second-order valence-electron chi connectivity index (χ2n) is 13.3. The Hall–Kier alpha value is -1.26. The van der Waals surface area contributed by atoms with Crippen molar-refractivity contribution in [3.8, 4) is 0 Å². The Bertz CT molecular complexity index is 834. The van der Waals surface area contributed by atoms with E-state index in [4.69, 9.17) is 23.7 Å². The average Bonchev–Trinajstić information content (AvgIpc) is 3.03. The molecule has 2 aliphatic rings. The zero-order valence-electron chi connectivity index (χ0n) is 31.1. The highest BCUT2D eigenvalue weighted by Gasteiger charge is 2.34. The highest BCUT2D eigenvalue weighted by molar-refractivity contribution is 5.87. The van der Waals surface area contributed by atoms with E-state index >= 15 is 0 Å². The molecule has 280 valence electrons. The zero-order valence-corrected chi connectivity index (χ0v) is 31.1. The van der Waals surface area contributed by atoms with Gasteiger partial charge in [0, 0.05) is 46.3 Å². The van der Waals surface area contributed by atoms with E-state index in [1.807, 2.05) is 20.8 Å². The molecule has 4 N–H and O–H groups in total. The fourth-order valence-electron chi connectivity index (χ4n) is 5.48. The Balaban J connectivity index is 0.000000737. The maximum absolute atomic E-state index is 11.3. The summed E-state index contributed by atoms with van der Waals surface area (Å²) in [6.45, 7) is 11.7. The molecule has 0 aromatic carbocycles. The predicted molar refractivity (Wildman–Crippen MR) is 180 cm³/mol. The maximum Gasteiger partial charge on any atom is 0.308 e. The number of rotatable bonds is 16. The van der Waals surface area contributed by atoms with E-state index in [1.165, 1.54) is 14.2 Å². The van der Waals surface area contributed by atoms with Crippen LogP contribution in [0.4, 0.5) is 0 Å². The molecule has 0 aliphatic carbocycles. The molecule has 2 rings (SSSR count). The molecule has 0 saturated carbocycles. The molecule has 10 unspecified atom stereocenters. The fourth-order valence-corrected chi connectivity index (χ4v) is 5.48. The number of carbonyl (C=O) groups excluding carboxylic acids is 2. The summed E-state index contributed by atoms with van der Waals surface area (Å²) >= 11 is 0. The molecule has 0 aromatic rings. The summed E-state index contributed by atoms with van der Waals surface area (Å²) in [5.41, 5.74) is 0. The Morgan fingerprint density at radius 2 is 1.51 bits per heavy atom. The molecule has 13 heteroatoms. The quantitative estimate of drug-likeness (QED) is 0.176. The third-order valence-electron chi connectivity index (χ3n) is 8.72. The minimum Gasteiger partial charge on any atom is -0.469 e. The van der Waals surface area contributed by atoms with E-state index in [2.05, 4.69) is 36.0 Å². The Kier molecular flexibility index (Phi) is 24.1. The van der Waals surface area contributed by atoms with Crippen molar-refractivity contribution in [1.82, 2.24) is 10.2 Å². The van der Waals surface area contributed by atoms with Crippen LogP contribution in [0.2, 0.25) is 0 Å². The molecule has 0 aromatic heterocycles. The van der Waals surface area contributed by atoms with Crippen LogP contribution in [0.3, 0.4) is 0 Å². The molecule has 0 radical (unpaired) electrons. The topological polar surface area (TPSA) is 165 Å². The van der Waals surface area contributed by atoms with E-state index in [0.717, 1.165) is 19.3 Å². The third-order valence-corrected chi connectivity index (χ3v) is 8.72. The lowest BCUT2D eigenvalue weighted by molar-refractivity contribution is -0.202. The van der Waals surface area contributed by atoms with Crippen LogP contribution in [0.1, 0.15) is 86.5 Å². The smallest absolute Gasteiger partial charge is 0.308 e. The molecule has 2 heterocycles. The molecule has 0 amide bonds. The van der Waals surface area contributed by atoms with Gasteiger partial charge in [-0.05, 0) is 79.9 Å². The van der Waals surface area contributed by atoms with Gasteiger partial charge in [-0.1, -0.05) is 20.3 Å². The second kappa shape index (κ2) is 24.8. The van der Waals surface area contributed by atoms with Gasteiger partial charge in [-0.15, -0.1) is 0 Å². The average molecular weight is 681 g/mol. The van der Waals surface area contributed by atoms with E-state index < -0.39 is 24.4 Å². The molecule has 0 spiro atoms. The number of hydrogen-bond donors (Lipinski definition) is 4. The highest BCUT2D eigenvalue weighted by Crippen LogP contribution is 2.22. The van der Waals surface area contributed by atoms with Crippen LogP contribution in [0.15, 0.2) is 0 Å². The van der Waals surface area contributed by atoms with Crippen molar-refractivity contribution in [3.63, 3.8) is 0 Å². The van der Waals surface area contributed by atoms with Gasteiger partial charge in [0.2, 0.25) is 0 Å². The molecule has 2 fully saturated rings. The van der Waals surface area contributed by atoms with E-state index in [-0.39, 0.29) is 48.3 Å². The Morgan fingerprint density at radius 1 is 0.915 bits per heavy atom. The summed E-state index contributed by atoms with van der Waals surface area (Å²) in [7, 11) is 10.4. The lowest BCUT2D eigenvalue weighted by Gasteiger charge is -2.36. The van der Waals surface area contributed by atoms with Crippen molar-refractivity contribution < 1.29 is 53.3 Å². The number of aliphatic hydroxyl groups excluding tert-OH is 3. The van der Waals surface area contributed by atoms with Crippen molar-refractivity contribution in [2.45, 2.75) is 148 Å². The van der Waals surface area contributed by atoms with Crippen LogP contribution in [-0.2, 0) is 38.0 Å². The summed E-state index contributed by atoms with van der Waals surface area (Å²) in [4.78, 5) is 24.8. The number of aliphatic hydroxyl groups is 3. The zero-order chi connectivity index (χ0) is 36.3. The van der Waals surface area contributed by atoms with Gasteiger partial charge in [0.15, 0.2) is 18.4 Å². The Morgan fingerprint density at radius 3 is 2.02 bits per heavy atom. The van der Waals surface area contributed by atoms with Crippen LogP contribution < -0.4 is 5.32 Å². The normalized spacial score (nSPS) is 28.5. The number of ether oxygens (including phenoxy) is 6. The third kappa shape index (κ3) is 18.9. The largest absolute Gasteiger partial charge is 0.469 e. The predicted octanol–water partition coefficient (Wildman–Crippen LogP) is 2.51. The van der Waals surface area contributed by atoms with Crippen LogP contribution in [0.25, 0.3) is 0 Å². The first-order valence-corrected chi connectivity index (χ1v) is 17.0. The van der Waals surface area contributed by atoms with Gasteiger partial charge in [-0.2, -0.15) is 0 Å². The van der Waals surface area contributed by atoms with Gasteiger partial charge in [-0.3, -0.25) is 9.59 Å². The molecular weight excluding hydrogens is 612 g/mol. The molecular formula is C34H68N2O11. The first-order valence-electron chi connectivity index (χ1n) is 17.0. The number of methoxy groups -OCH3 is 4. The minimum atomic E-state index is -0.799. The maximum atomic E-state index is 11.3. The summed E-state index contributed by atoms with van der Waals surface area (Å²) in [5, 5.41) is 32.3. The Labute approximate surface area is 283 Å². The van der Waals surface area contributed by atoms with Gasteiger partial charge < -0.3 is 54.0 Å². The fraction of sp³-hybridized carbons (Fsp3) is 0.941. The van der Waals surface area contributed by atoms with Crippen LogP contribution >= 0.6 is 0 Å². The lowest BCUT2D eigenvalue weighted by atomic mass is 9.96. The van der Waals surface area contributed by atoms with Crippen molar-refractivity contribution in [2.75, 3.05) is 49.1 Å². The van der Waals surface area contributed by atoms with Gasteiger partial charge in [0.05, 0.1) is 37.4 Å². The molecule has 2 saturated heterocycles. The van der Waals surface area contributed by atoms with Gasteiger partial charge in [-0.25, -0.2) is 0 Å². The van der Waals surface area contributed by atoms with Gasteiger partial charge in [0.1, 0.15) is 12.2 Å².